The number of carbonyl (C=O) groups is 1. The first-order valence-electron chi connectivity index (χ1n) is 8.12. The van der Waals surface area contributed by atoms with Crippen molar-refractivity contribution >= 4 is 23.2 Å². The number of rotatable bonds is 4. The molecule has 1 aromatic heterocycles. The predicted molar refractivity (Wildman–Crippen MR) is 103 cm³/mol. The lowest BCUT2D eigenvalue weighted by atomic mass is 10.00. The van der Waals surface area contributed by atoms with Crippen LogP contribution in [0.5, 0.6) is 0 Å². The smallest absolute Gasteiger partial charge is 0.231 e. The third-order valence-corrected chi connectivity index (χ3v) is 4.36. The topological polar surface area (TPSA) is 42.0 Å². The van der Waals surface area contributed by atoms with E-state index < -0.39 is 0 Å². The molecule has 0 saturated carbocycles. The molecule has 3 rings (SSSR count). The van der Waals surface area contributed by atoms with Crippen molar-refractivity contribution < 1.29 is 4.79 Å². The number of anilines is 1. The average Bonchev–Trinajstić information content (AvgIpc) is 2.61. The van der Waals surface area contributed by atoms with Gasteiger partial charge in [-0.1, -0.05) is 35.9 Å². The molecule has 0 saturated heterocycles. The van der Waals surface area contributed by atoms with Crippen molar-refractivity contribution in [3.63, 3.8) is 0 Å². The van der Waals surface area contributed by atoms with Gasteiger partial charge < -0.3 is 5.32 Å². The van der Waals surface area contributed by atoms with Crippen LogP contribution in [0.4, 0.5) is 5.69 Å². The predicted octanol–water partition coefficient (Wildman–Crippen LogP) is 5.45. The fourth-order valence-corrected chi connectivity index (χ4v) is 2.85. The molecule has 1 N–H and O–H groups in total. The zero-order valence-electron chi connectivity index (χ0n) is 14.2. The van der Waals surface area contributed by atoms with Crippen LogP contribution >= 0.6 is 11.6 Å². The number of amides is 1. The van der Waals surface area contributed by atoms with Gasteiger partial charge in [-0.05, 0) is 66.9 Å². The van der Waals surface area contributed by atoms with Gasteiger partial charge in [0.25, 0.3) is 0 Å². The normalized spacial score (nSPS) is 11.8. The molecule has 0 radical (unpaired) electrons. The van der Waals surface area contributed by atoms with E-state index in [0.717, 1.165) is 28.1 Å². The van der Waals surface area contributed by atoms with Gasteiger partial charge in [0.1, 0.15) is 0 Å². The highest BCUT2D eigenvalue weighted by Gasteiger charge is 2.15. The Labute approximate surface area is 152 Å². The molecule has 4 heteroatoms. The lowest BCUT2D eigenvalue weighted by molar-refractivity contribution is -0.117. The number of aryl methyl sites for hydroxylation is 1. The van der Waals surface area contributed by atoms with Crippen LogP contribution in [0.25, 0.3) is 11.1 Å². The summed E-state index contributed by atoms with van der Waals surface area (Å²) < 4.78 is 0. The highest BCUT2D eigenvalue weighted by molar-refractivity contribution is 6.30. The Morgan fingerprint density at radius 1 is 1.04 bits per heavy atom. The minimum absolute atomic E-state index is 0.0604. The molecule has 0 spiro atoms. The van der Waals surface area contributed by atoms with Gasteiger partial charge in [0.15, 0.2) is 0 Å². The molecule has 1 unspecified atom stereocenters. The second kappa shape index (κ2) is 7.49. The van der Waals surface area contributed by atoms with Gasteiger partial charge in [-0.25, -0.2) is 0 Å². The second-order valence-electron chi connectivity index (χ2n) is 6.03. The van der Waals surface area contributed by atoms with Crippen molar-refractivity contribution in [2.75, 3.05) is 5.32 Å². The summed E-state index contributed by atoms with van der Waals surface area (Å²) in [6.45, 7) is 3.84. The van der Waals surface area contributed by atoms with E-state index in [0.29, 0.717) is 5.02 Å². The summed E-state index contributed by atoms with van der Waals surface area (Å²) in [7, 11) is 0. The number of nitrogens with zero attached hydrogens (tertiary/aromatic N) is 1. The summed E-state index contributed by atoms with van der Waals surface area (Å²) in [5.41, 5.74) is 4.84. The molecule has 126 valence electrons. The quantitative estimate of drug-likeness (QED) is 0.679. The van der Waals surface area contributed by atoms with Crippen molar-refractivity contribution in [2.24, 2.45) is 0 Å². The first-order valence-corrected chi connectivity index (χ1v) is 8.50. The van der Waals surface area contributed by atoms with Crippen molar-refractivity contribution in [3.05, 3.63) is 83.1 Å². The van der Waals surface area contributed by atoms with E-state index in [-0.39, 0.29) is 11.8 Å². The number of hydrogen-bond donors (Lipinski definition) is 1. The van der Waals surface area contributed by atoms with Crippen LogP contribution in [0.2, 0.25) is 5.02 Å². The molecule has 3 nitrogen and oxygen atoms in total. The van der Waals surface area contributed by atoms with Gasteiger partial charge in [0, 0.05) is 22.6 Å². The van der Waals surface area contributed by atoms with E-state index in [1.165, 1.54) is 0 Å². The molecule has 0 aliphatic heterocycles. The third kappa shape index (κ3) is 4.25. The Morgan fingerprint density at radius 2 is 1.80 bits per heavy atom. The SMILES string of the molecule is Cc1cc(-c2ccc(NC(=O)C(C)c3cccc(Cl)c3)cc2)ccn1. The lowest BCUT2D eigenvalue weighted by Gasteiger charge is -2.13. The molecular formula is C21H19ClN2O. The van der Waals surface area contributed by atoms with Gasteiger partial charge in [-0.15, -0.1) is 0 Å². The van der Waals surface area contributed by atoms with Gasteiger partial charge in [0.2, 0.25) is 5.91 Å². The lowest BCUT2D eigenvalue weighted by Crippen LogP contribution is -2.18. The van der Waals surface area contributed by atoms with Crippen molar-refractivity contribution in [2.45, 2.75) is 19.8 Å². The molecule has 1 amide bonds. The van der Waals surface area contributed by atoms with E-state index >= 15 is 0 Å². The number of hydrogen-bond acceptors (Lipinski definition) is 2. The Bertz CT molecular complexity index is 890. The Morgan fingerprint density at radius 3 is 2.48 bits per heavy atom. The van der Waals surface area contributed by atoms with Crippen molar-refractivity contribution in [1.82, 2.24) is 4.98 Å². The maximum atomic E-state index is 12.5. The van der Waals surface area contributed by atoms with E-state index in [2.05, 4.69) is 10.3 Å². The highest BCUT2D eigenvalue weighted by Crippen LogP contribution is 2.24. The Balaban J connectivity index is 1.72. The van der Waals surface area contributed by atoms with Gasteiger partial charge in [0.05, 0.1) is 5.92 Å². The number of halogens is 1. The van der Waals surface area contributed by atoms with Crippen LogP contribution in [0.3, 0.4) is 0 Å². The Kier molecular flexibility index (Phi) is 5.15. The summed E-state index contributed by atoms with van der Waals surface area (Å²) in [6, 6.07) is 19.2. The molecule has 0 aliphatic rings. The summed E-state index contributed by atoms with van der Waals surface area (Å²) in [6.07, 6.45) is 1.80. The van der Waals surface area contributed by atoms with E-state index in [9.17, 15) is 4.79 Å². The maximum absolute atomic E-state index is 12.5. The van der Waals surface area contributed by atoms with Crippen molar-refractivity contribution in [3.8, 4) is 11.1 Å². The first-order chi connectivity index (χ1) is 12.0. The molecule has 1 heterocycles. The minimum atomic E-state index is -0.277. The number of pyridine rings is 1. The minimum Gasteiger partial charge on any atom is -0.326 e. The molecular weight excluding hydrogens is 332 g/mol. The van der Waals surface area contributed by atoms with Crippen LogP contribution in [0, 0.1) is 6.92 Å². The molecule has 0 bridgehead atoms. The molecule has 3 aromatic rings. The van der Waals surface area contributed by atoms with E-state index in [4.69, 9.17) is 11.6 Å². The number of benzene rings is 2. The molecule has 1 atom stereocenters. The van der Waals surface area contributed by atoms with Gasteiger partial charge >= 0.3 is 0 Å². The van der Waals surface area contributed by atoms with E-state index in [1.807, 2.05) is 68.4 Å². The number of aromatic nitrogens is 1. The zero-order valence-corrected chi connectivity index (χ0v) is 14.9. The monoisotopic (exact) mass is 350 g/mol. The van der Waals surface area contributed by atoms with E-state index in [1.54, 1.807) is 12.3 Å². The average molecular weight is 351 g/mol. The summed E-state index contributed by atoms with van der Waals surface area (Å²) >= 11 is 6.00. The molecule has 2 aromatic carbocycles. The molecule has 0 aliphatic carbocycles. The van der Waals surface area contributed by atoms with Crippen LogP contribution < -0.4 is 5.32 Å². The largest absolute Gasteiger partial charge is 0.326 e. The van der Waals surface area contributed by atoms with Crippen LogP contribution in [-0.2, 0) is 4.79 Å². The standard InChI is InChI=1S/C21H19ClN2O/c1-14-12-18(10-11-23-14)16-6-8-20(9-7-16)24-21(25)15(2)17-4-3-5-19(22)13-17/h3-13,15H,1-2H3,(H,24,25). The second-order valence-corrected chi connectivity index (χ2v) is 6.47. The van der Waals surface area contributed by atoms with Crippen molar-refractivity contribution in [1.29, 1.82) is 0 Å². The zero-order chi connectivity index (χ0) is 17.8. The van der Waals surface area contributed by atoms with Gasteiger partial charge in [-0.2, -0.15) is 0 Å². The summed E-state index contributed by atoms with van der Waals surface area (Å²) in [5, 5.41) is 3.59. The first kappa shape index (κ1) is 17.2. The summed E-state index contributed by atoms with van der Waals surface area (Å²) in [5.74, 6) is -0.337. The molecule has 25 heavy (non-hydrogen) atoms. The Hall–Kier alpha value is -2.65. The fourth-order valence-electron chi connectivity index (χ4n) is 2.65. The van der Waals surface area contributed by atoms with Gasteiger partial charge in [-0.3, -0.25) is 9.78 Å². The number of nitrogens with one attached hydrogen (secondary N) is 1. The maximum Gasteiger partial charge on any atom is 0.231 e. The highest BCUT2D eigenvalue weighted by atomic mass is 35.5. The summed E-state index contributed by atoms with van der Waals surface area (Å²) in [4.78, 5) is 16.7. The van der Waals surface area contributed by atoms with Crippen LogP contribution in [-0.4, -0.2) is 10.9 Å². The molecule has 0 fully saturated rings. The number of carbonyl (C=O) groups excluding carboxylic acids is 1. The van der Waals surface area contributed by atoms with Crippen LogP contribution in [0.1, 0.15) is 24.1 Å². The third-order valence-electron chi connectivity index (χ3n) is 4.12. The fraction of sp³-hybridized carbons (Fsp3) is 0.143. The van der Waals surface area contributed by atoms with Crippen LogP contribution in [0.15, 0.2) is 66.9 Å².